The van der Waals surface area contributed by atoms with Gasteiger partial charge in [-0.2, -0.15) is 0 Å². The lowest BCUT2D eigenvalue weighted by atomic mass is 10.00. The molecule has 3 aromatic carbocycles. The number of carbonyl (C=O) groups excluding carboxylic acids is 1. The Balaban J connectivity index is 1.35. The molecule has 0 saturated heterocycles. The van der Waals surface area contributed by atoms with Crippen LogP contribution in [0.15, 0.2) is 78.9 Å². The van der Waals surface area contributed by atoms with E-state index >= 15 is 0 Å². The smallest absolute Gasteiger partial charge is 0.260 e. The molecule has 0 radical (unpaired) electrons. The molecule has 0 spiro atoms. The van der Waals surface area contributed by atoms with Gasteiger partial charge in [0.25, 0.3) is 5.91 Å². The van der Waals surface area contributed by atoms with E-state index in [4.69, 9.17) is 9.47 Å². The van der Waals surface area contributed by atoms with Gasteiger partial charge in [0.15, 0.2) is 6.61 Å². The van der Waals surface area contributed by atoms with Gasteiger partial charge in [-0.05, 0) is 41.8 Å². The van der Waals surface area contributed by atoms with Crippen LogP contribution in [0, 0.1) is 0 Å². The monoisotopic (exact) mass is 359 g/mol. The summed E-state index contributed by atoms with van der Waals surface area (Å²) in [4.78, 5) is 14.4. The van der Waals surface area contributed by atoms with Crippen molar-refractivity contribution in [2.24, 2.45) is 0 Å². The molecule has 136 valence electrons. The van der Waals surface area contributed by atoms with Gasteiger partial charge in [0.2, 0.25) is 0 Å². The zero-order valence-electron chi connectivity index (χ0n) is 15.0. The molecule has 4 rings (SSSR count). The van der Waals surface area contributed by atoms with Crippen molar-refractivity contribution >= 4 is 5.91 Å². The SMILES string of the molecule is O=C(COc1cccc(Oc2ccccc2)c1)N1CCc2ccccc2C1. The Morgan fingerprint density at radius 2 is 1.52 bits per heavy atom. The quantitative estimate of drug-likeness (QED) is 0.676. The Bertz CT molecular complexity index is 924. The molecule has 4 heteroatoms. The average Bonchev–Trinajstić information content (AvgIpc) is 2.73. The molecule has 0 saturated carbocycles. The van der Waals surface area contributed by atoms with E-state index in [-0.39, 0.29) is 12.5 Å². The molecule has 0 N–H and O–H groups in total. The van der Waals surface area contributed by atoms with E-state index in [1.54, 1.807) is 6.07 Å². The van der Waals surface area contributed by atoms with Gasteiger partial charge >= 0.3 is 0 Å². The highest BCUT2D eigenvalue weighted by molar-refractivity contribution is 5.78. The van der Waals surface area contributed by atoms with E-state index < -0.39 is 0 Å². The van der Waals surface area contributed by atoms with Crippen molar-refractivity contribution in [1.82, 2.24) is 4.90 Å². The molecule has 0 bridgehead atoms. The molecule has 27 heavy (non-hydrogen) atoms. The number of rotatable bonds is 5. The van der Waals surface area contributed by atoms with Gasteiger partial charge in [0.05, 0.1) is 0 Å². The number of para-hydroxylation sites is 1. The molecular formula is C23H21NO3. The summed E-state index contributed by atoms with van der Waals surface area (Å²) < 4.78 is 11.5. The maximum absolute atomic E-state index is 12.5. The van der Waals surface area contributed by atoms with Gasteiger partial charge in [0.1, 0.15) is 17.2 Å². The first kappa shape index (κ1) is 17.2. The molecule has 0 aromatic heterocycles. The number of benzene rings is 3. The van der Waals surface area contributed by atoms with E-state index in [0.29, 0.717) is 18.0 Å². The van der Waals surface area contributed by atoms with E-state index in [0.717, 1.165) is 18.7 Å². The van der Waals surface area contributed by atoms with E-state index in [1.165, 1.54) is 11.1 Å². The predicted molar refractivity (Wildman–Crippen MR) is 104 cm³/mol. The van der Waals surface area contributed by atoms with Crippen molar-refractivity contribution in [3.05, 3.63) is 90.0 Å². The summed E-state index contributed by atoms with van der Waals surface area (Å²) in [6.07, 6.45) is 0.891. The van der Waals surface area contributed by atoms with Crippen LogP contribution in [0.25, 0.3) is 0 Å². The second-order valence-corrected chi connectivity index (χ2v) is 6.51. The maximum Gasteiger partial charge on any atom is 0.260 e. The van der Waals surface area contributed by atoms with Crippen molar-refractivity contribution in [2.45, 2.75) is 13.0 Å². The van der Waals surface area contributed by atoms with E-state index in [2.05, 4.69) is 12.1 Å². The van der Waals surface area contributed by atoms with Crippen molar-refractivity contribution in [3.8, 4) is 17.2 Å². The second-order valence-electron chi connectivity index (χ2n) is 6.51. The van der Waals surface area contributed by atoms with Gasteiger partial charge < -0.3 is 14.4 Å². The number of amides is 1. The second kappa shape index (κ2) is 7.96. The summed E-state index contributed by atoms with van der Waals surface area (Å²) in [6, 6.07) is 25.2. The predicted octanol–water partition coefficient (Wildman–Crippen LogP) is 4.44. The Kier molecular flexibility index (Phi) is 5.06. The van der Waals surface area contributed by atoms with Crippen LogP contribution >= 0.6 is 0 Å². The summed E-state index contributed by atoms with van der Waals surface area (Å²) in [7, 11) is 0. The molecule has 3 aromatic rings. The number of hydrogen-bond donors (Lipinski definition) is 0. The first-order valence-electron chi connectivity index (χ1n) is 9.08. The standard InChI is InChI=1S/C23H21NO3/c25-23(24-14-13-18-7-4-5-8-19(18)16-24)17-26-21-11-6-12-22(15-21)27-20-9-2-1-3-10-20/h1-12,15H,13-14,16-17H2. The summed E-state index contributed by atoms with van der Waals surface area (Å²) in [5.41, 5.74) is 2.54. The van der Waals surface area contributed by atoms with Gasteiger partial charge in [-0.15, -0.1) is 0 Å². The largest absolute Gasteiger partial charge is 0.484 e. The minimum atomic E-state index is -0.00103. The summed E-state index contributed by atoms with van der Waals surface area (Å²) in [5, 5.41) is 0. The first-order chi connectivity index (χ1) is 13.3. The van der Waals surface area contributed by atoms with Crippen LogP contribution in [0.5, 0.6) is 17.2 Å². The third kappa shape index (κ3) is 4.29. The number of hydrogen-bond acceptors (Lipinski definition) is 3. The Morgan fingerprint density at radius 1 is 0.815 bits per heavy atom. The molecule has 1 aliphatic rings. The van der Waals surface area contributed by atoms with Crippen LogP contribution in [0.1, 0.15) is 11.1 Å². The lowest BCUT2D eigenvalue weighted by Gasteiger charge is -2.28. The number of ether oxygens (including phenoxy) is 2. The zero-order chi connectivity index (χ0) is 18.5. The van der Waals surface area contributed by atoms with Crippen LogP contribution in [0.3, 0.4) is 0 Å². The molecule has 1 heterocycles. The lowest BCUT2D eigenvalue weighted by Crippen LogP contribution is -2.38. The summed E-state index contributed by atoms with van der Waals surface area (Å²) in [6.45, 7) is 1.41. The molecule has 1 aliphatic heterocycles. The van der Waals surface area contributed by atoms with Crippen LogP contribution in [-0.2, 0) is 17.8 Å². The van der Waals surface area contributed by atoms with Crippen LogP contribution in [0.4, 0.5) is 0 Å². The molecular weight excluding hydrogens is 338 g/mol. The number of fused-ring (bicyclic) bond motifs is 1. The highest BCUT2D eigenvalue weighted by atomic mass is 16.5. The fraction of sp³-hybridized carbons (Fsp3) is 0.174. The third-order valence-corrected chi connectivity index (χ3v) is 4.63. The van der Waals surface area contributed by atoms with Crippen molar-refractivity contribution in [1.29, 1.82) is 0 Å². The van der Waals surface area contributed by atoms with Gasteiger partial charge in [-0.1, -0.05) is 48.5 Å². The van der Waals surface area contributed by atoms with Gasteiger partial charge in [-0.3, -0.25) is 4.79 Å². The van der Waals surface area contributed by atoms with Crippen molar-refractivity contribution in [2.75, 3.05) is 13.2 Å². The fourth-order valence-corrected chi connectivity index (χ4v) is 3.20. The highest BCUT2D eigenvalue weighted by Crippen LogP contribution is 2.25. The number of carbonyl (C=O) groups is 1. The first-order valence-corrected chi connectivity index (χ1v) is 9.08. The minimum absolute atomic E-state index is 0.00103. The van der Waals surface area contributed by atoms with E-state index in [1.807, 2.05) is 65.6 Å². The zero-order valence-corrected chi connectivity index (χ0v) is 15.0. The maximum atomic E-state index is 12.5. The molecule has 0 atom stereocenters. The molecule has 0 aliphatic carbocycles. The van der Waals surface area contributed by atoms with Crippen molar-refractivity contribution in [3.63, 3.8) is 0 Å². The topological polar surface area (TPSA) is 38.8 Å². The highest BCUT2D eigenvalue weighted by Gasteiger charge is 2.20. The van der Waals surface area contributed by atoms with Crippen LogP contribution in [-0.4, -0.2) is 24.0 Å². The normalized spacial score (nSPS) is 13.0. The minimum Gasteiger partial charge on any atom is -0.484 e. The number of nitrogens with zero attached hydrogens (tertiary/aromatic N) is 1. The lowest BCUT2D eigenvalue weighted by molar-refractivity contribution is -0.134. The molecule has 0 fully saturated rings. The van der Waals surface area contributed by atoms with Gasteiger partial charge in [0, 0.05) is 19.2 Å². The third-order valence-electron chi connectivity index (χ3n) is 4.63. The van der Waals surface area contributed by atoms with Crippen LogP contribution in [0.2, 0.25) is 0 Å². The van der Waals surface area contributed by atoms with Crippen LogP contribution < -0.4 is 9.47 Å². The Labute approximate surface area is 159 Å². The van der Waals surface area contributed by atoms with Crippen molar-refractivity contribution < 1.29 is 14.3 Å². The Hall–Kier alpha value is -3.27. The summed E-state index contributed by atoms with van der Waals surface area (Å²) in [5.74, 6) is 2.06. The molecule has 4 nitrogen and oxygen atoms in total. The summed E-state index contributed by atoms with van der Waals surface area (Å²) >= 11 is 0. The average molecular weight is 359 g/mol. The van der Waals surface area contributed by atoms with Gasteiger partial charge in [-0.25, -0.2) is 0 Å². The molecule has 1 amide bonds. The Morgan fingerprint density at radius 3 is 2.37 bits per heavy atom. The molecule has 0 unspecified atom stereocenters. The van der Waals surface area contributed by atoms with E-state index in [9.17, 15) is 4.79 Å². The fourth-order valence-electron chi connectivity index (χ4n) is 3.20.